The largest absolute Gasteiger partial charge is 0.490 e. The van der Waals surface area contributed by atoms with Gasteiger partial charge in [-0.25, -0.2) is 9.97 Å². The molecule has 0 spiro atoms. The Balaban J connectivity index is 1.72. The molecule has 1 aliphatic heterocycles. The van der Waals surface area contributed by atoms with Gasteiger partial charge in [0.15, 0.2) is 11.5 Å². The summed E-state index contributed by atoms with van der Waals surface area (Å²) in [6.45, 7) is 8.26. The zero-order valence-corrected chi connectivity index (χ0v) is 16.5. The van der Waals surface area contributed by atoms with Gasteiger partial charge in [-0.05, 0) is 39.0 Å². The highest BCUT2D eigenvalue weighted by atomic mass is 16.5. The molecular weight excluding hydrogens is 360 g/mol. The molecule has 1 amide bonds. The minimum Gasteiger partial charge on any atom is -0.490 e. The average Bonchev–Trinajstić information content (AvgIpc) is 2.67. The van der Waals surface area contributed by atoms with Gasteiger partial charge in [-0.1, -0.05) is 0 Å². The van der Waals surface area contributed by atoms with E-state index in [9.17, 15) is 4.79 Å². The van der Waals surface area contributed by atoms with Crippen molar-refractivity contribution in [1.82, 2.24) is 14.9 Å². The van der Waals surface area contributed by atoms with Crippen LogP contribution in [0.3, 0.4) is 0 Å². The molecule has 1 saturated heterocycles. The molecule has 3 rings (SSSR count). The third kappa shape index (κ3) is 4.44. The Morgan fingerprint density at radius 2 is 1.61 bits per heavy atom. The van der Waals surface area contributed by atoms with Crippen molar-refractivity contribution in [3.8, 4) is 17.2 Å². The smallest absolute Gasteiger partial charge is 0.254 e. The van der Waals surface area contributed by atoms with Crippen molar-refractivity contribution in [3.63, 3.8) is 0 Å². The standard InChI is InChI=1S/C20H26N4O4/c1-4-26-16-10-14(11-17(27-5-2)18(16)28-6-3)19(25)24-12-15(13-24)23-20-21-8-7-9-22-20/h7-11,15H,4-6,12-13H2,1-3H3,(H,21,22,23). The second-order valence-corrected chi connectivity index (χ2v) is 6.22. The lowest BCUT2D eigenvalue weighted by Crippen LogP contribution is -2.57. The fraction of sp³-hybridized carbons (Fsp3) is 0.450. The van der Waals surface area contributed by atoms with Gasteiger partial charge in [0.25, 0.3) is 5.91 Å². The quantitative estimate of drug-likeness (QED) is 0.709. The van der Waals surface area contributed by atoms with Crippen molar-refractivity contribution in [2.24, 2.45) is 0 Å². The van der Waals surface area contributed by atoms with Crippen molar-refractivity contribution < 1.29 is 19.0 Å². The molecule has 0 atom stereocenters. The SMILES string of the molecule is CCOc1cc(C(=O)N2CC(Nc3ncccn3)C2)cc(OCC)c1OCC. The fourth-order valence-corrected chi connectivity index (χ4v) is 2.99. The summed E-state index contributed by atoms with van der Waals surface area (Å²) in [5, 5.41) is 3.22. The normalized spacial score (nSPS) is 13.6. The number of hydrogen-bond donors (Lipinski definition) is 1. The van der Waals surface area contributed by atoms with Gasteiger partial charge >= 0.3 is 0 Å². The number of anilines is 1. The molecule has 150 valence electrons. The van der Waals surface area contributed by atoms with Crippen LogP contribution in [0, 0.1) is 0 Å². The van der Waals surface area contributed by atoms with Crippen LogP contribution in [0.2, 0.25) is 0 Å². The summed E-state index contributed by atoms with van der Waals surface area (Å²) in [4.78, 5) is 23.0. The third-order valence-electron chi connectivity index (χ3n) is 4.22. The number of likely N-dealkylation sites (tertiary alicyclic amines) is 1. The van der Waals surface area contributed by atoms with Crippen LogP contribution in [0.15, 0.2) is 30.6 Å². The molecule has 0 aliphatic carbocycles. The Labute approximate surface area is 164 Å². The van der Waals surface area contributed by atoms with E-state index in [1.54, 1.807) is 35.5 Å². The average molecular weight is 386 g/mol. The number of nitrogens with zero attached hydrogens (tertiary/aromatic N) is 3. The second kappa shape index (κ2) is 9.25. The number of carbonyl (C=O) groups excluding carboxylic acids is 1. The Bertz CT molecular complexity index is 767. The molecule has 2 heterocycles. The van der Waals surface area contributed by atoms with Crippen molar-refractivity contribution in [3.05, 3.63) is 36.2 Å². The van der Waals surface area contributed by atoms with Gasteiger partial charge in [-0.2, -0.15) is 0 Å². The van der Waals surface area contributed by atoms with E-state index in [1.165, 1.54) is 0 Å². The van der Waals surface area contributed by atoms with Crippen molar-refractivity contribution in [2.75, 3.05) is 38.2 Å². The van der Waals surface area contributed by atoms with Crippen LogP contribution < -0.4 is 19.5 Å². The first kappa shape index (κ1) is 19.7. The van der Waals surface area contributed by atoms with E-state index in [4.69, 9.17) is 14.2 Å². The van der Waals surface area contributed by atoms with Gasteiger partial charge in [0.2, 0.25) is 11.7 Å². The maximum Gasteiger partial charge on any atom is 0.254 e. The summed E-state index contributed by atoms with van der Waals surface area (Å²) in [5.74, 6) is 2.07. The predicted molar refractivity (Wildman–Crippen MR) is 105 cm³/mol. The van der Waals surface area contributed by atoms with Crippen LogP contribution in [0.25, 0.3) is 0 Å². The number of carbonyl (C=O) groups is 1. The summed E-state index contributed by atoms with van der Waals surface area (Å²) in [6, 6.07) is 5.34. The second-order valence-electron chi connectivity index (χ2n) is 6.22. The monoisotopic (exact) mass is 386 g/mol. The van der Waals surface area contributed by atoms with E-state index < -0.39 is 0 Å². The minimum absolute atomic E-state index is 0.0722. The number of rotatable bonds is 9. The molecule has 1 fully saturated rings. The first-order valence-corrected chi connectivity index (χ1v) is 9.55. The number of benzene rings is 1. The van der Waals surface area contributed by atoms with Crippen molar-refractivity contribution in [2.45, 2.75) is 26.8 Å². The number of nitrogens with one attached hydrogen (secondary N) is 1. The predicted octanol–water partition coefficient (Wildman–Crippen LogP) is 2.61. The van der Waals surface area contributed by atoms with Gasteiger partial charge < -0.3 is 24.4 Å². The van der Waals surface area contributed by atoms with Crippen LogP contribution >= 0.6 is 0 Å². The molecule has 1 N–H and O–H groups in total. The molecule has 0 bridgehead atoms. The number of ether oxygens (including phenoxy) is 3. The lowest BCUT2D eigenvalue weighted by molar-refractivity contribution is 0.0623. The van der Waals surface area contributed by atoms with Crippen molar-refractivity contribution >= 4 is 11.9 Å². The minimum atomic E-state index is -0.0722. The molecule has 0 saturated carbocycles. The molecule has 0 radical (unpaired) electrons. The Kier molecular flexibility index (Phi) is 6.52. The topological polar surface area (TPSA) is 85.8 Å². The molecular formula is C20H26N4O4. The lowest BCUT2D eigenvalue weighted by atomic mass is 10.1. The Morgan fingerprint density at radius 3 is 2.14 bits per heavy atom. The number of hydrogen-bond acceptors (Lipinski definition) is 7. The number of aromatic nitrogens is 2. The van der Waals surface area contributed by atoms with Gasteiger partial charge in [-0.15, -0.1) is 0 Å². The van der Waals surface area contributed by atoms with Crippen LogP contribution in [-0.4, -0.2) is 59.7 Å². The summed E-state index contributed by atoms with van der Waals surface area (Å²) < 4.78 is 17.1. The van der Waals surface area contributed by atoms with E-state index >= 15 is 0 Å². The van der Waals surface area contributed by atoms with E-state index in [1.807, 2.05) is 20.8 Å². The summed E-state index contributed by atoms with van der Waals surface area (Å²) in [6.07, 6.45) is 3.36. The molecule has 8 nitrogen and oxygen atoms in total. The van der Waals surface area contributed by atoms with Gasteiger partial charge in [-0.3, -0.25) is 4.79 Å². The van der Waals surface area contributed by atoms with Crippen LogP contribution in [0.4, 0.5) is 5.95 Å². The molecule has 1 aliphatic rings. The summed E-state index contributed by atoms with van der Waals surface area (Å²) in [7, 11) is 0. The third-order valence-corrected chi connectivity index (χ3v) is 4.22. The maximum absolute atomic E-state index is 12.9. The lowest BCUT2D eigenvalue weighted by Gasteiger charge is -2.39. The van der Waals surface area contributed by atoms with Crippen LogP contribution in [-0.2, 0) is 0 Å². The summed E-state index contributed by atoms with van der Waals surface area (Å²) >= 11 is 0. The van der Waals surface area contributed by atoms with E-state index in [0.717, 1.165) is 0 Å². The number of amides is 1. The molecule has 0 unspecified atom stereocenters. The van der Waals surface area contributed by atoms with Crippen LogP contribution in [0.1, 0.15) is 31.1 Å². The van der Waals surface area contributed by atoms with Gasteiger partial charge in [0, 0.05) is 31.0 Å². The zero-order valence-electron chi connectivity index (χ0n) is 16.5. The van der Waals surface area contributed by atoms with Crippen LogP contribution in [0.5, 0.6) is 17.2 Å². The highest BCUT2D eigenvalue weighted by Gasteiger charge is 2.32. The van der Waals surface area contributed by atoms with Crippen molar-refractivity contribution in [1.29, 1.82) is 0 Å². The molecule has 1 aromatic heterocycles. The highest BCUT2D eigenvalue weighted by Crippen LogP contribution is 2.39. The van der Waals surface area contributed by atoms with Gasteiger partial charge in [0.1, 0.15) is 0 Å². The molecule has 1 aromatic carbocycles. The summed E-state index contributed by atoms with van der Waals surface area (Å²) in [5.41, 5.74) is 0.518. The molecule has 2 aromatic rings. The zero-order chi connectivity index (χ0) is 19.9. The van der Waals surface area contributed by atoms with Gasteiger partial charge in [0.05, 0.1) is 25.9 Å². The van der Waals surface area contributed by atoms with E-state index in [2.05, 4.69) is 15.3 Å². The maximum atomic E-state index is 12.9. The molecule has 8 heteroatoms. The first-order valence-electron chi connectivity index (χ1n) is 9.55. The van der Waals surface area contributed by atoms with E-state index in [0.29, 0.717) is 61.7 Å². The fourth-order valence-electron chi connectivity index (χ4n) is 2.99. The Morgan fingerprint density at radius 1 is 1.04 bits per heavy atom. The van der Waals surface area contributed by atoms with E-state index in [-0.39, 0.29) is 11.9 Å². The highest BCUT2D eigenvalue weighted by molar-refractivity contribution is 5.96. The Hall–Kier alpha value is -3.03. The first-order chi connectivity index (χ1) is 13.7. The molecule has 28 heavy (non-hydrogen) atoms.